The second-order valence-electron chi connectivity index (χ2n) is 15.7. The molecule has 0 saturated heterocycles. The van der Waals surface area contributed by atoms with Crippen molar-refractivity contribution < 1.29 is 28.6 Å². The number of carbonyl (C=O) groups is 3. The van der Waals surface area contributed by atoms with E-state index in [4.69, 9.17) is 14.2 Å². The summed E-state index contributed by atoms with van der Waals surface area (Å²) < 4.78 is 16.7. The van der Waals surface area contributed by atoms with Gasteiger partial charge < -0.3 is 14.2 Å². The highest BCUT2D eigenvalue weighted by molar-refractivity contribution is 5.71. The molecule has 0 heterocycles. The lowest BCUT2D eigenvalue weighted by atomic mass is 10.0. The number of unbranched alkanes of at least 4 members (excludes halogenated alkanes) is 23. The minimum atomic E-state index is -0.786. The summed E-state index contributed by atoms with van der Waals surface area (Å²) >= 11 is 0. The Balaban J connectivity index is 4.43. The first-order chi connectivity index (χ1) is 27.5. The largest absolute Gasteiger partial charge is 0.462 e. The molecule has 6 nitrogen and oxygen atoms in total. The van der Waals surface area contributed by atoms with Gasteiger partial charge in [-0.05, 0) is 77.0 Å². The maximum absolute atomic E-state index is 12.7. The average Bonchev–Trinajstić information content (AvgIpc) is 3.19. The summed E-state index contributed by atoms with van der Waals surface area (Å²) in [4.78, 5) is 37.7. The first kappa shape index (κ1) is 53.4. The summed E-state index contributed by atoms with van der Waals surface area (Å²) in [7, 11) is 0. The number of hydrogen-bond acceptors (Lipinski definition) is 6. The van der Waals surface area contributed by atoms with Crippen molar-refractivity contribution in [1.29, 1.82) is 0 Å². The van der Waals surface area contributed by atoms with Gasteiger partial charge in [-0.15, -0.1) is 0 Å². The molecule has 0 radical (unpaired) electrons. The average molecular weight is 785 g/mol. The van der Waals surface area contributed by atoms with Crippen molar-refractivity contribution in [3.8, 4) is 0 Å². The van der Waals surface area contributed by atoms with Crippen LogP contribution in [0.5, 0.6) is 0 Å². The lowest BCUT2D eigenvalue weighted by Crippen LogP contribution is -2.30. The normalized spacial score (nSPS) is 12.4. The van der Waals surface area contributed by atoms with Crippen LogP contribution in [0.15, 0.2) is 48.6 Å². The van der Waals surface area contributed by atoms with E-state index in [0.29, 0.717) is 19.3 Å². The maximum Gasteiger partial charge on any atom is 0.306 e. The summed E-state index contributed by atoms with van der Waals surface area (Å²) in [6.07, 6.45) is 52.3. The van der Waals surface area contributed by atoms with Crippen molar-refractivity contribution in [2.24, 2.45) is 0 Å². The van der Waals surface area contributed by atoms with Gasteiger partial charge in [-0.25, -0.2) is 0 Å². The van der Waals surface area contributed by atoms with Crippen molar-refractivity contribution >= 4 is 17.9 Å². The molecule has 0 unspecified atom stereocenters. The van der Waals surface area contributed by atoms with Crippen molar-refractivity contribution in [2.45, 2.75) is 239 Å². The third-order valence-corrected chi connectivity index (χ3v) is 10.1. The third-order valence-electron chi connectivity index (χ3n) is 10.1. The van der Waals surface area contributed by atoms with E-state index in [2.05, 4.69) is 69.4 Å². The van der Waals surface area contributed by atoms with Gasteiger partial charge in [-0.3, -0.25) is 14.4 Å². The van der Waals surface area contributed by atoms with Crippen LogP contribution in [0.4, 0.5) is 0 Å². The maximum atomic E-state index is 12.7. The fourth-order valence-electron chi connectivity index (χ4n) is 6.43. The van der Waals surface area contributed by atoms with Gasteiger partial charge in [0.15, 0.2) is 6.10 Å². The fraction of sp³-hybridized carbons (Fsp3) is 0.780. The SMILES string of the molecule is CCCC/C=C\CCCCCCCC(=O)OC[C@@H](COC(=O)CCCC/C=C\C/C=C\C/C=C\CCCCC)OC(=O)CCCCCCCCCCCCCC. The molecule has 0 fully saturated rings. The van der Waals surface area contributed by atoms with Crippen molar-refractivity contribution in [3.63, 3.8) is 0 Å². The van der Waals surface area contributed by atoms with Crippen LogP contribution >= 0.6 is 0 Å². The zero-order valence-corrected chi connectivity index (χ0v) is 36.9. The first-order valence-corrected chi connectivity index (χ1v) is 23.6. The minimum absolute atomic E-state index is 0.0881. The van der Waals surface area contributed by atoms with E-state index >= 15 is 0 Å². The second-order valence-corrected chi connectivity index (χ2v) is 15.7. The van der Waals surface area contributed by atoms with Crippen LogP contribution in [0, 0.1) is 0 Å². The Morgan fingerprint density at radius 1 is 0.357 bits per heavy atom. The summed E-state index contributed by atoms with van der Waals surface area (Å²) in [6, 6.07) is 0. The van der Waals surface area contributed by atoms with Crippen LogP contribution in [0.2, 0.25) is 0 Å². The Bertz CT molecular complexity index is 996. The van der Waals surface area contributed by atoms with Crippen LogP contribution < -0.4 is 0 Å². The molecule has 0 aliphatic carbocycles. The first-order valence-electron chi connectivity index (χ1n) is 23.6. The number of allylic oxidation sites excluding steroid dienone is 8. The zero-order valence-electron chi connectivity index (χ0n) is 36.9. The van der Waals surface area contributed by atoms with E-state index in [-0.39, 0.29) is 31.1 Å². The molecular formula is C50H88O6. The molecule has 1 atom stereocenters. The standard InChI is InChI=1S/C50H88O6/c1-4-7-10-13-16-19-22-24-25-26-29-31-34-37-40-43-49(52)55-46-47(45-54-48(51)42-39-36-33-30-27-21-18-15-12-9-6-3)56-50(53)44-41-38-35-32-28-23-20-17-14-11-8-5-2/h15-16,18-19,24-25,29,31,47H,4-14,17,20-23,26-28,30,32-46H2,1-3H3/b18-15-,19-16-,25-24-,31-29-/t47-/m0/s1. The molecule has 0 spiro atoms. The molecule has 0 aromatic carbocycles. The Morgan fingerprint density at radius 3 is 1.14 bits per heavy atom. The van der Waals surface area contributed by atoms with Crippen LogP contribution in [0.3, 0.4) is 0 Å². The van der Waals surface area contributed by atoms with Crippen LogP contribution in [-0.2, 0) is 28.6 Å². The van der Waals surface area contributed by atoms with Crippen molar-refractivity contribution in [3.05, 3.63) is 48.6 Å². The van der Waals surface area contributed by atoms with Gasteiger partial charge in [0.05, 0.1) is 0 Å². The predicted molar refractivity (Wildman–Crippen MR) is 238 cm³/mol. The van der Waals surface area contributed by atoms with Gasteiger partial charge in [0.25, 0.3) is 0 Å². The number of hydrogen-bond donors (Lipinski definition) is 0. The molecule has 6 heteroatoms. The molecule has 56 heavy (non-hydrogen) atoms. The highest BCUT2D eigenvalue weighted by atomic mass is 16.6. The monoisotopic (exact) mass is 785 g/mol. The van der Waals surface area contributed by atoms with E-state index in [0.717, 1.165) is 77.0 Å². The number of carbonyl (C=O) groups excluding carboxylic acids is 3. The van der Waals surface area contributed by atoms with E-state index in [1.807, 2.05) is 0 Å². The molecule has 0 aromatic heterocycles. The van der Waals surface area contributed by atoms with Crippen molar-refractivity contribution in [1.82, 2.24) is 0 Å². The predicted octanol–water partition coefficient (Wildman–Crippen LogP) is 15.1. The smallest absolute Gasteiger partial charge is 0.306 e. The number of ether oxygens (including phenoxy) is 3. The third kappa shape index (κ3) is 42.5. The second kappa shape index (κ2) is 45.1. The van der Waals surface area contributed by atoms with Gasteiger partial charge in [0.1, 0.15) is 13.2 Å². The van der Waals surface area contributed by atoms with E-state index < -0.39 is 6.10 Å². The van der Waals surface area contributed by atoms with Gasteiger partial charge in [-0.1, -0.05) is 185 Å². The number of rotatable bonds is 42. The molecule has 0 saturated carbocycles. The Hall–Kier alpha value is -2.63. The minimum Gasteiger partial charge on any atom is -0.462 e. The topological polar surface area (TPSA) is 78.9 Å². The van der Waals surface area contributed by atoms with Crippen LogP contribution in [0.1, 0.15) is 233 Å². The van der Waals surface area contributed by atoms with Gasteiger partial charge in [-0.2, -0.15) is 0 Å². The van der Waals surface area contributed by atoms with Crippen LogP contribution in [-0.4, -0.2) is 37.2 Å². The molecule has 0 bridgehead atoms. The van der Waals surface area contributed by atoms with E-state index in [9.17, 15) is 14.4 Å². The number of esters is 3. The molecule has 0 amide bonds. The molecule has 0 N–H and O–H groups in total. The Labute approximate surface area is 346 Å². The van der Waals surface area contributed by atoms with Gasteiger partial charge in [0, 0.05) is 19.3 Å². The fourth-order valence-corrected chi connectivity index (χ4v) is 6.43. The summed E-state index contributed by atoms with van der Waals surface area (Å²) in [6.45, 7) is 6.52. The summed E-state index contributed by atoms with van der Waals surface area (Å²) in [5.41, 5.74) is 0. The molecule has 0 rings (SSSR count). The molecule has 0 aromatic rings. The molecule has 0 aliphatic heterocycles. The summed E-state index contributed by atoms with van der Waals surface area (Å²) in [5, 5.41) is 0. The Morgan fingerprint density at radius 2 is 0.661 bits per heavy atom. The lowest BCUT2D eigenvalue weighted by Gasteiger charge is -2.18. The molecule has 0 aliphatic rings. The highest BCUT2D eigenvalue weighted by Crippen LogP contribution is 2.14. The highest BCUT2D eigenvalue weighted by Gasteiger charge is 2.19. The van der Waals surface area contributed by atoms with E-state index in [1.54, 1.807) is 0 Å². The van der Waals surface area contributed by atoms with E-state index in [1.165, 1.54) is 116 Å². The van der Waals surface area contributed by atoms with Crippen LogP contribution in [0.25, 0.3) is 0 Å². The summed E-state index contributed by atoms with van der Waals surface area (Å²) in [5.74, 6) is -0.935. The molecule has 324 valence electrons. The van der Waals surface area contributed by atoms with Gasteiger partial charge in [0.2, 0.25) is 0 Å². The Kier molecular flexibility index (Phi) is 43.0. The quantitative estimate of drug-likeness (QED) is 0.0265. The lowest BCUT2D eigenvalue weighted by molar-refractivity contribution is -0.167. The van der Waals surface area contributed by atoms with Gasteiger partial charge >= 0.3 is 17.9 Å². The zero-order chi connectivity index (χ0) is 40.8. The van der Waals surface area contributed by atoms with Crippen molar-refractivity contribution in [2.75, 3.05) is 13.2 Å². The molecular weight excluding hydrogens is 697 g/mol.